The molecular formula is C23H23NO5. The van der Waals surface area contributed by atoms with Crippen LogP contribution in [0.25, 0.3) is 11.0 Å². The van der Waals surface area contributed by atoms with E-state index in [-0.39, 0.29) is 11.2 Å². The van der Waals surface area contributed by atoms with Crippen molar-refractivity contribution in [2.24, 2.45) is 0 Å². The van der Waals surface area contributed by atoms with Crippen LogP contribution in [0.2, 0.25) is 0 Å². The molecule has 2 aromatic carbocycles. The van der Waals surface area contributed by atoms with Crippen LogP contribution in [0.4, 0.5) is 0 Å². The van der Waals surface area contributed by atoms with Crippen LogP contribution in [0.3, 0.4) is 0 Å². The van der Waals surface area contributed by atoms with Crippen molar-refractivity contribution in [1.82, 2.24) is 5.32 Å². The largest absolute Gasteiger partial charge is 0.490 e. The lowest BCUT2D eigenvalue weighted by Crippen LogP contribution is -2.22. The van der Waals surface area contributed by atoms with Gasteiger partial charge in [-0.25, -0.2) is 0 Å². The van der Waals surface area contributed by atoms with E-state index in [2.05, 4.69) is 12.2 Å². The quantitative estimate of drug-likeness (QED) is 0.609. The second kappa shape index (κ2) is 7.99. The van der Waals surface area contributed by atoms with Crippen molar-refractivity contribution in [1.29, 1.82) is 0 Å². The molecule has 2 heterocycles. The molecule has 1 N–H and O–H groups in total. The molecule has 1 amide bonds. The Morgan fingerprint density at radius 3 is 2.66 bits per heavy atom. The van der Waals surface area contributed by atoms with Gasteiger partial charge in [0.05, 0.1) is 30.2 Å². The zero-order valence-electron chi connectivity index (χ0n) is 16.5. The maximum absolute atomic E-state index is 13.1. The standard InChI is InChI=1S/C23H23NO5/c1-3-5-12-28-17-11-10-14(13-18(17)27-4-2)20-19-21(25)15-8-6-7-9-16(15)29-22(19)23(26)24-20/h6-11,13,20H,3-5,12H2,1-2H3,(H,24,26). The van der Waals surface area contributed by atoms with E-state index < -0.39 is 11.9 Å². The van der Waals surface area contributed by atoms with Gasteiger partial charge in [0, 0.05) is 0 Å². The Morgan fingerprint density at radius 2 is 1.86 bits per heavy atom. The van der Waals surface area contributed by atoms with Crippen LogP contribution in [0.15, 0.2) is 51.7 Å². The maximum atomic E-state index is 13.1. The second-order valence-corrected chi connectivity index (χ2v) is 6.92. The average molecular weight is 393 g/mol. The fourth-order valence-electron chi connectivity index (χ4n) is 3.52. The van der Waals surface area contributed by atoms with Crippen molar-refractivity contribution in [2.45, 2.75) is 32.7 Å². The number of carbonyl (C=O) groups excluding carboxylic acids is 1. The molecular weight excluding hydrogens is 370 g/mol. The van der Waals surface area contributed by atoms with Crippen LogP contribution in [0, 0.1) is 0 Å². The lowest BCUT2D eigenvalue weighted by molar-refractivity contribution is 0.0938. The minimum Gasteiger partial charge on any atom is -0.490 e. The lowest BCUT2D eigenvalue weighted by Gasteiger charge is -2.16. The number of hydrogen-bond donors (Lipinski definition) is 1. The van der Waals surface area contributed by atoms with E-state index in [1.54, 1.807) is 24.3 Å². The zero-order chi connectivity index (χ0) is 20.4. The van der Waals surface area contributed by atoms with Crippen LogP contribution < -0.4 is 20.2 Å². The fraction of sp³-hybridized carbons (Fsp3) is 0.304. The molecule has 1 aliphatic heterocycles. The summed E-state index contributed by atoms with van der Waals surface area (Å²) in [7, 11) is 0. The fourth-order valence-corrected chi connectivity index (χ4v) is 3.52. The minimum absolute atomic E-state index is 0.0694. The van der Waals surface area contributed by atoms with E-state index in [1.807, 2.05) is 25.1 Å². The normalized spacial score (nSPS) is 15.2. The molecule has 29 heavy (non-hydrogen) atoms. The Morgan fingerprint density at radius 1 is 1.03 bits per heavy atom. The highest BCUT2D eigenvalue weighted by Gasteiger charge is 2.36. The van der Waals surface area contributed by atoms with E-state index in [0.717, 1.165) is 18.4 Å². The molecule has 0 bridgehead atoms. The summed E-state index contributed by atoms with van der Waals surface area (Å²) in [5.41, 5.74) is 1.27. The number of para-hydroxylation sites is 1. The Balaban J connectivity index is 1.77. The molecule has 0 aliphatic carbocycles. The first kappa shape index (κ1) is 19.1. The average Bonchev–Trinajstić information content (AvgIpc) is 3.06. The van der Waals surface area contributed by atoms with Crippen LogP contribution in [0.5, 0.6) is 11.5 Å². The number of rotatable bonds is 7. The van der Waals surface area contributed by atoms with E-state index in [9.17, 15) is 9.59 Å². The van der Waals surface area contributed by atoms with Crippen molar-refractivity contribution >= 4 is 16.9 Å². The Labute approximate surface area is 168 Å². The van der Waals surface area contributed by atoms with Gasteiger partial charge in [0.25, 0.3) is 5.91 Å². The number of benzene rings is 2. The minimum atomic E-state index is -0.595. The molecule has 150 valence electrons. The zero-order valence-corrected chi connectivity index (χ0v) is 16.5. The summed E-state index contributed by atoms with van der Waals surface area (Å²) in [6, 6.07) is 11.8. The molecule has 0 saturated carbocycles. The predicted octanol–water partition coefficient (Wildman–Crippen LogP) is 4.20. The number of hydrogen-bond acceptors (Lipinski definition) is 5. The third kappa shape index (κ3) is 3.46. The molecule has 0 radical (unpaired) electrons. The molecule has 1 aromatic heterocycles. The molecule has 3 aromatic rings. The second-order valence-electron chi connectivity index (χ2n) is 6.92. The number of carbonyl (C=O) groups is 1. The molecule has 1 aliphatic rings. The topological polar surface area (TPSA) is 77.8 Å². The highest BCUT2D eigenvalue weighted by molar-refractivity contribution is 5.98. The van der Waals surface area contributed by atoms with Crippen molar-refractivity contribution in [3.05, 3.63) is 69.6 Å². The van der Waals surface area contributed by atoms with Gasteiger partial charge in [0.1, 0.15) is 5.58 Å². The van der Waals surface area contributed by atoms with E-state index in [4.69, 9.17) is 13.9 Å². The van der Waals surface area contributed by atoms with Gasteiger partial charge < -0.3 is 19.2 Å². The van der Waals surface area contributed by atoms with Crippen molar-refractivity contribution in [3.63, 3.8) is 0 Å². The van der Waals surface area contributed by atoms with Gasteiger partial charge >= 0.3 is 0 Å². The predicted molar refractivity (Wildman–Crippen MR) is 110 cm³/mol. The molecule has 1 atom stereocenters. The van der Waals surface area contributed by atoms with Gasteiger partial charge in [0.2, 0.25) is 5.76 Å². The first-order valence-electron chi connectivity index (χ1n) is 9.90. The Bertz CT molecular complexity index is 1120. The third-order valence-electron chi connectivity index (χ3n) is 4.96. The third-order valence-corrected chi connectivity index (χ3v) is 4.96. The number of amides is 1. The number of unbranched alkanes of at least 4 members (excludes halogenated alkanes) is 1. The maximum Gasteiger partial charge on any atom is 0.288 e. The lowest BCUT2D eigenvalue weighted by atomic mass is 9.99. The Kier molecular flexibility index (Phi) is 5.25. The van der Waals surface area contributed by atoms with Gasteiger partial charge in [-0.05, 0) is 43.2 Å². The van der Waals surface area contributed by atoms with Gasteiger partial charge in [-0.2, -0.15) is 0 Å². The summed E-state index contributed by atoms with van der Waals surface area (Å²) in [5, 5.41) is 3.32. The highest BCUT2D eigenvalue weighted by atomic mass is 16.5. The van der Waals surface area contributed by atoms with Gasteiger partial charge in [-0.1, -0.05) is 31.5 Å². The molecule has 1 unspecified atom stereocenters. The van der Waals surface area contributed by atoms with E-state index in [1.165, 1.54) is 0 Å². The number of fused-ring (bicyclic) bond motifs is 2. The summed E-state index contributed by atoms with van der Waals surface area (Å²) < 4.78 is 17.3. The monoisotopic (exact) mass is 393 g/mol. The molecule has 6 heteroatoms. The summed E-state index contributed by atoms with van der Waals surface area (Å²) in [6.07, 6.45) is 1.99. The summed E-state index contributed by atoms with van der Waals surface area (Å²) >= 11 is 0. The smallest absolute Gasteiger partial charge is 0.288 e. The first-order valence-corrected chi connectivity index (χ1v) is 9.90. The van der Waals surface area contributed by atoms with E-state index >= 15 is 0 Å². The molecule has 6 nitrogen and oxygen atoms in total. The van der Waals surface area contributed by atoms with Crippen molar-refractivity contribution < 1.29 is 18.7 Å². The van der Waals surface area contributed by atoms with Crippen LogP contribution >= 0.6 is 0 Å². The van der Waals surface area contributed by atoms with Gasteiger partial charge in [0.15, 0.2) is 16.9 Å². The Hall–Kier alpha value is -3.28. The molecule has 0 saturated heterocycles. The van der Waals surface area contributed by atoms with Crippen LogP contribution in [0.1, 0.15) is 54.4 Å². The van der Waals surface area contributed by atoms with Gasteiger partial charge in [-0.15, -0.1) is 0 Å². The number of ether oxygens (including phenoxy) is 2. The first-order chi connectivity index (χ1) is 14.1. The SMILES string of the molecule is CCCCOc1ccc(C2NC(=O)c3oc4ccccc4c(=O)c32)cc1OCC. The molecule has 0 fully saturated rings. The van der Waals surface area contributed by atoms with Crippen molar-refractivity contribution in [2.75, 3.05) is 13.2 Å². The van der Waals surface area contributed by atoms with Crippen molar-refractivity contribution in [3.8, 4) is 11.5 Å². The van der Waals surface area contributed by atoms with E-state index in [0.29, 0.717) is 41.2 Å². The highest BCUT2D eigenvalue weighted by Crippen LogP contribution is 2.36. The summed E-state index contributed by atoms with van der Waals surface area (Å²) in [4.78, 5) is 25.6. The van der Waals surface area contributed by atoms with Crippen LogP contribution in [-0.2, 0) is 0 Å². The summed E-state index contributed by atoms with van der Waals surface area (Å²) in [6.45, 7) is 5.09. The molecule has 4 rings (SSSR count). The van der Waals surface area contributed by atoms with Crippen LogP contribution in [-0.4, -0.2) is 19.1 Å². The molecule has 0 spiro atoms. The number of nitrogens with one attached hydrogen (secondary N) is 1. The van der Waals surface area contributed by atoms with Gasteiger partial charge in [-0.3, -0.25) is 9.59 Å². The summed E-state index contributed by atoms with van der Waals surface area (Å²) in [5.74, 6) is 0.919.